The van der Waals surface area contributed by atoms with Crippen LogP contribution >= 0.6 is 0 Å². The molecule has 1 aromatic heterocycles. The van der Waals surface area contributed by atoms with Crippen molar-refractivity contribution < 1.29 is 0 Å². The smallest absolute Gasteiger partial charge is 0.0619 e. The zero-order valence-corrected chi connectivity index (χ0v) is 28.7. The first-order valence-corrected chi connectivity index (χ1v) is 17.8. The maximum absolute atomic E-state index is 2.41. The summed E-state index contributed by atoms with van der Waals surface area (Å²) in [5.41, 5.74) is 12.8. The van der Waals surface area contributed by atoms with E-state index >= 15 is 0 Å². The Bertz CT molecular complexity index is 2640. The number of fused-ring (bicyclic) bond motifs is 2. The normalized spacial score (nSPS) is 11.4. The van der Waals surface area contributed by atoms with Gasteiger partial charge in [0.1, 0.15) is 0 Å². The number of rotatable bonds is 8. The third kappa shape index (κ3) is 5.97. The van der Waals surface area contributed by atoms with Crippen molar-refractivity contribution in [2.75, 3.05) is 4.90 Å². The van der Waals surface area contributed by atoms with Gasteiger partial charge in [-0.05, 0) is 93.7 Å². The lowest BCUT2D eigenvalue weighted by Crippen LogP contribution is -2.09. The summed E-state index contributed by atoms with van der Waals surface area (Å²) in [6.07, 6.45) is 4.44. The van der Waals surface area contributed by atoms with Crippen LogP contribution in [0.2, 0.25) is 0 Å². The SMILES string of the molecule is C(=Cc1ccc2c(c1)c(-c1ccccc1)c(-c1ccccc1)n2-c1ccccc1)c1ccc(N(c2ccccc2)c2ccc3ccccc3c2)cc1. The van der Waals surface area contributed by atoms with E-state index in [1.807, 2.05) is 0 Å². The molecule has 0 aliphatic rings. The van der Waals surface area contributed by atoms with Crippen molar-refractivity contribution in [2.45, 2.75) is 0 Å². The summed E-state index contributed by atoms with van der Waals surface area (Å²) in [4.78, 5) is 2.32. The highest BCUT2D eigenvalue weighted by molar-refractivity contribution is 6.06. The number of nitrogens with zero attached hydrogens (tertiary/aromatic N) is 2. The number of benzene rings is 8. The fourth-order valence-electron chi connectivity index (χ4n) is 7.29. The van der Waals surface area contributed by atoms with E-state index in [0.29, 0.717) is 0 Å². The van der Waals surface area contributed by atoms with Crippen molar-refractivity contribution in [3.63, 3.8) is 0 Å². The van der Waals surface area contributed by atoms with Crippen LogP contribution in [0.1, 0.15) is 11.1 Å². The van der Waals surface area contributed by atoms with Gasteiger partial charge in [0.15, 0.2) is 0 Å². The van der Waals surface area contributed by atoms with E-state index in [4.69, 9.17) is 0 Å². The largest absolute Gasteiger partial charge is 0.310 e. The van der Waals surface area contributed by atoms with Crippen LogP contribution in [0.15, 0.2) is 206 Å². The second-order valence-corrected chi connectivity index (χ2v) is 13.0. The standard InChI is InChI=1S/C50H36N2/c1-5-16-40(17-6-1)49-47-35-38(29-34-48(47)52(44-23-11-4-12-24-44)50(49)41-18-7-2-8-19-41)26-25-37-27-31-45(32-28-37)51(43-21-9-3-10-22-43)46-33-30-39-15-13-14-20-42(39)36-46/h1-36H. The first-order chi connectivity index (χ1) is 25.8. The van der Waals surface area contributed by atoms with E-state index in [9.17, 15) is 0 Å². The number of hydrogen-bond acceptors (Lipinski definition) is 1. The molecule has 52 heavy (non-hydrogen) atoms. The molecule has 0 atom stereocenters. The van der Waals surface area contributed by atoms with Crippen molar-refractivity contribution in [3.8, 4) is 28.1 Å². The maximum atomic E-state index is 2.41. The molecule has 1 heterocycles. The van der Waals surface area contributed by atoms with Crippen LogP contribution < -0.4 is 4.90 Å². The molecule has 0 fully saturated rings. The highest BCUT2D eigenvalue weighted by Crippen LogP contribution is 2.43. The lowest BCUT2D eigenvalue weighted by Gasteiger charge is -2.26. The third-order valence-electron chi connectivity index (χ3n) is 9.74. The molecule has 0 radical (unpaired) electrons. The van der Waals surface area contributed by atoms with E-state index in [0.717, 1.165) is 33.9 Å². The van der Waals surface area contributed by atoms with Gasteiger partial charge in [-0.1, -0.05) is 158 Å². The van der Waals surface area contributed by atoms with Gasteiger partial charge in [-0.25, -0.2) is 0 Å². The average Bonchev–Trinajstić information content (AvgIpc) is 3.56. The zero-order valence-electron chi connectivity index (χ0n) is 28.7. The number of anilines is 3. The van der Waals surface area contributed by atoms with Gasteiger partial charge in [0, 0.05) is 33.7 Å². The number of para-hydroxylation sites is 2. The number of hydrogen-bond donors (Lipinski definition) is 0. The Morgan fingerprint density at radius 3 is 1.63 bits per heavy atom. The summed E-state index contributed by atoms with van der Waals surface area (Å²) in [7, 11) is 0. The summed E-state index contributed by atoms with van der Waals surface area (Å²) < 4.78 is 2.41. The minimum Gasteiger partial charge on any atom is -0.310 e. The molecule has 0 N–H and O–H groups in total. The van der Waals surface area contributed by atoms with E-state index in [1.165, 1.54) is 44.1 Å². The highest BCUT2D eigenvalue weighted by Gasteiger charge is 2.21. The molecule has 0 saturated carbocycles. The molecule has 2 heteroatoms. The van der Waals surface area contributed by atoms with Crippen LogP contribution in [-0.2, 0) is 0 Å². The van der Waals surface area contributed by atoms with Crippen molar-refractivity contribution in [3.05, 3.63) is 217 Å². The molecule has 0 aliphatic heterocycles. The highest BCUT2D eigenvalue weighted by atomic mass is 15.1. The van der Waals surface area contributed by atoms with E-state index < -0.39 is 0 Å². The predicted molar refractivity (Wildman–Crippen MR) is 222 cm³/mol. The monoisotopic (exact) mass is 664 g/mol. The Labute approximate surface area is 304 Å². The first-order valence-electron chi connectivity index (χ1n) is 17.8. The fraction of sp³-hybridized carbons (Fsp3) is 0. The Balaban J connectivity index is 1.11. The van der Waals surface area contributed by atoms with Crippen molar-refractivity contribution in [1.29, 1.82) is 0 Å². The Kier molecular flexibility index (Phi) is 8.24. The van der Waals surface area contributed by atoms with Gasteiger partial charge in [0.25, 0.3) is 0 Å². The van der Waals surface area contributed by atoms with Gasteiger partial charge in [-0.15, -0.1) is 0 Å². The molecule has 0 bridgehead atoms. The molecule has 0 aliphatic carbocycles. The number of aromatic nitrogens is 1. The van der Waals surface area contributed by atoms with E-state index in [2.05, 4.69) is 228 Å². The minimum absolute atomic E-state index is 1.11. The quantitative estimate of drug-likeness (QED) is 0.147. The first kappa shape index (κ1) is 31.1. The minimum atomic E-state index is 1.11. The molecule has 9 aromatic rings. The van der Waals surface area contributed by atoms with Gasteiger partial charge in [-0.3, -0.25) is 0 Å². The Hall–Kier alpha value is -6.90. The summed E-state index contributed by atoms with van der Waals surface area (Å²) in [5, 5.41) is 3.69. The van der Waals surface area contributed by atoms with Gasteiger partial charge < -0.3 is 9.47 Å². The van der Waals surface area contributed by atoms with Crippen LogP contribution in [0.25, 0.3) is 61.9 Å². The maximum Gasteiger partial charge on any atom is 0.0619 e. The topological polar surface area (TPSA) is 8.17 Å². The van der Waals surface area contributed by atoms with Crippen LogP contribution in [0, 0.1) is 0 Å². The van der Waals surface area contributed by atoms with Gasteiger partial charge >= 0.3 is 0 Å². The summed E-state index contributed by atoms with van der Waals surface area (Å²) >= 11 is 0. The molecule has 9 rings (SSSR count). The molecule has 8 aromatic carbocycles. The van der Waals surface area contributed by atoms with Crippen LogP contribution in [0.4, 0.5) is 17.1 Å². The third-order valence-corrected chi connectivity index (χ3v) is 9.74. The molecular formula is C50H36N2. The van der Waals surface area contributed by atoms with Crippen LogP contribution in [0.3, 0.4) is 0 Å². The second-order valence-electron chi connectivity index (χ2n) is 13.0. The fourth-order valence-corrected chi connectivity index (χ4v) is 7.29. The lowest BCUT2D eigenvalue weighted by atomic mass is 9.97. The van der Waals surface area contributed by atoms with Gasteiger partial charge in [-0.2, -0.15) is 0 Å². The summed E-state index contributed by atoms with van der Waals surface area (Å²) in [6, 6.07) is 73.7. The van der Waals surface area contributed by atoms with Crippen molar-refractivity contribution in [2.24, 2.45) is 0 Å². The molecule has 0 unspecified atom stereocenters. The average molecular weight is 665 g/mol. The molecule has 0 amide bonds. The summed E-state index contributed by atoms with van der Waals surface area (Å²) in [6.45, 7) is 0. The van der Waals surface area contributed by atoms with E-state index in [-0.39, 0.29) is 0 Å². The molecule has 2 nitrogen and oxygen atoms in total. The Morgan fingerprint density at radius 2 is 0.923 bits per heavy atom. The van der Waals surface area contributed by atoms with Crippen LogP contribution in [-0.4, -0.2) is 4.57 Å². The molecule has 0 saturated heterocycles. The van der Waals surface area contributed by atoms with Crippen LogP contribution in [0.5, 0.6) is 0 Å². The molecular weight excluding hydrogens is 629 g/mol. The van der Waals surface area contributed by atoms with E-state index in [1.54, 1.807) is 0 Å². The lowest BCUT2D eigenvalue weighted by molar-refractivity contribution is 1.13. The van der Waals surface area contributed by atoms with Gasteiger partial charge in [0.2, 0.25) is 0 Å². The molecule has 246 valence electrons. The van der Waals surface area contributed by atoms with Gasteiger partial charge in [0.05, 0.1) is 11.2 Å². The zero-order chi connectivity index (χ0) is 34.7. The van der Waals surface area contributed by atoms with Crippen molar-refractivity contribution in [1.82, 2.24) is 4.57 Å². The predicted octanol–water partition coefficient (Wildman–Crippen LogP) is 13.8. The molecule has 0 spiro atoms. The second kappa shape index (κ2) is 13.8. The van der Waals surface area contributed by atoms with Crippen molar-refractivity contribution >= 4 is 50.9 Å². The Morgan fingerprint density at radius 1 is 0.385 bits per heavy atom. The summed E-state index contributed by atoms with van der Waals surface area (Å²) in [5.74, 6) is 0.